The number of carbonyl (C=O) groups excluding carboxylic acids is 1. The molecule has 0 saturated heterocycles. The highest BCUT2D eigenvalue weighted by atomic mass is 35.5. The van der Waals surface area contributed by atoms with Crippen LogP contribution >= 0.6 is 11.6 Å². The van der Waals surface area contributed by atoms with Gasteiger partial charge in [0, 0.05) is 18.0 Å². The number of carbonyl (C=O) groups is 1. The average molecular weight is 386 g/mol. The van der Waals surface area contributed by atoms with Crippen molar-refractivity contribution >= 4 is 27.3 Å². The minimum atomic E-state index is -4.42. The summed E-state index contributed by atoms with van der Waals surface area (Å²) >= 11 is 5.74. The van der Waals surface area contributed by atoms with Crippen LogP contribution in [0.1, 0.15) is 32.3 Å². The van der Waals surface area contributed by atoms with Crippen LogP contribution in [0.2, 0.25) is 5.02 Å². The molecule has 1 aromatic carbocycles. The molecule has 24 heavy (non-hydrogen) atoms. The number of hydrogen-bond acceptors (Lipinski definition) is 3. The molecule has 0 aliphatic carbocycles. The Kier molecular flexibility index (Phi) is 6.69. The fourth-order valence-electron chi connectivity index (χ4n) is 1.86. The highest BCUT2D eigenvalue weighted by Gasteiger charge is 2.41. The molecular weight excluding hydrogens is 367 g/mol. The van der Waals surface area contributed by atoms with Gasteiger partial charge in [-0.15, -0.1) is 0 Å². The standard InChI is InChI=1S/C15H19ClF3NO3S/c1-14(2,24(22,23)9-3-8-15(17,18)19)13(21)20-10-11-4-6-12(16)7-5-11/h4-7H,3,8-10H2,1-2H3,(H,20,21). The smallest absolute Gasteiger partial charge is 0.351 e. The third-order valence-electron chi connectivity index (χ3n) is 3.56. The number of sulfone groups is 1. The molecule has 0 atom stereocenters. The van der Waals surface area contributed by atoms with E-state index in [2.05, 4.69) is 5.32 Å². The predicted octanol–water partition coefficient (Wildman–Crippen LogP) is 3.49. The first-order valence-electron chi connectivity index (χ1n) is 7.17. The van der Waals surface area contributed by atoms with Crippen molar-refractivity contribution in [1.29, 1.82) is 0 Å². The summed E-state index contributed by atoms with van der Waals surface area (Å²) in [5.74, 6) is -1.46. The Labute approximate surface area is 144 Å². The van der Waals surface area contributed by atoms with E-state index in [1.807, 2.05) is 0 Å². The summed E-state index contributed by atoms with van der Waals surface area (Å²) in [6, 6.07) is 6.60. The molecule has 0 aromatic heterocycles. The lowest BCUT2D eigenvalue weighted by Crippen LogP contribution is -2.48. The molecule has 0 bridgehead atoms. The van der Waals surface area contributed by atoms with Gasteiger partial charge in [-0.3, -0.25) is 4.79 Å². The first-order chi connectivity index (χ1) is 10.8. The van der Waals surface area contributed by atoms with Crippen molar-refractivity contribution in [2.45, 2.75) is 44.2 Å². The van der Waals surface area contributed by atoms with E-state index in [-0.39, 0.29) is 6.54 Å². The second kappa shape index (κ2) is 7.74. The van der Waals surface area contributed by atoms with Gasteiger partial charge in [-0.25, -0.2) is 8.42 Å². The van der Waals surface area contributed by atoms with Gasteiger partial charge < -0.3 is 5.32 Å². The van der Waals surface area contributed by atoms with Crippen LogP contribution < -0.4 is 5.32 Å². The van der Waals surface area contributed by atoms with Crippen LogP contribution in [0.3, 0.4) is 0 Å². The van der Waals surface area contributed by atoms with E-state index in [0.717, 1.165) is 5.56 Å². The van der Waals surface area contributed by atoms with Crippen molar-refractivity contribution in [2.24, 2.45) is 0 Å². The van der Waals surface area contributed by atoms with Crippen molar-refractivity contribution in [2.75, 3.05) is 5.75 Å². The van der Waals surface area contributed by atoms with Gasteiger partial charge in [-0.05, 0) is 38.0 Å². The van der Waals surface area contributed by atoms with E-state index < -0.39 is 45.3 Å². The highest BCUT2D eigenvalue weighted by molar-refractivity contribution is 7.93. The van der Waals surface area contributed by atoms with Gasteiger partial charge in [0.15, 0.2) is 9.84 Å². The molecule has 0 saturated carbocycles. The number of hydrogen-bond donors (Lipinski definition) is 1. The van der Waals surface area contributed by atoms with Crippen LogP contribution in [0.25, 0.3) is 0 Å². The molecule has 136 valence electrons. The lowest BCUT2D eigenvalue weighted by molar-refractivity contribution is -0.134. The van der Waals surface area contributed by atoms with Crippen molar-refractivity contribution in [3.63, 3.8) is 0 Å². The Morgan fingerprint density at radius 3 is 2.21 bits per heavy atom. The molecule has 0 heterocycles. The van der Waals surface area contributed by atoms with Crippen molar-refractivity contribution < 1.29 is 26.4 Å². The van der Waals surface area contributed by atoms with E-state index in [0.29, 0.717) is 5.02 Å². The molecule has 0 spiro atoms. The molecule has 0 aliphatic heterocycles. The summed E-state index contributed by atoms with van der Waals surface area (Å²) in [6.45, 7) is 2.47. The van der Waals surface area contributed by atoms with Crippen molar-refractivity contribution in [3.8, 4) is 0 Å². The summed E-state index contributed by atoms with van der Waals surface area (Å²) in [6.07, 6.45) is -6.19. The second-order valence-corrected chi connectivity index (χ2v) is 8.95. The van der Waals surface area contributed by atoms with Gasteiger partial charge in [-0.2, -0.15) is 13.2 Å². The Morgan fingerprint density at radius 1 is 1.17 bits per heavy atom. The number of nitrogens with one attached hydrogen (secondary N) is 1. The van der Waals surface area contributed by atoms with Crippen LogP contribution in [0, 0.1) is 0 Å². The minimum absolute atomic E-state index is 0.0947. The third-order valence-corrected chi connectivity index (χ3v) is 6.38. The Hall–Kier alpha value is -1.28. The lowest BCUT2D eigenvalue weighted by Gasteiger charge is -2.24. The number of alkyl halides is 3. The molecule has 0 aliphatic rings. The SMILES string of the molecule is CC(C)(C(=O)NCc1ccc(Cl)cc1)S(=O)(=O)CCCC(F)(F)F. The van der Waals surface area contributed by atoms with Crippen molar-refractivity contribution in [3.05, 3.63) is 34.9 Å². The summed E-state index contributed by atoms with van der Waals surface area (Å²) in [4.78, 5) is 12.2. The fourth-order valence-corrected chi connectivity index (χ4v) is 3.37. The Morgan fingerprint density at radius 2 is 1.71 bits per heavy atom. The number of halogens is 4. The van der Waals surface area contributed by atoms with Crippen molar-refractivity contribution in [1.82, 2.24) is 5.32 Å². The van der Waals surface area contributed by atoms with E-state index in [1.54, 1.807) is 24.3 Å². The Bertz CT molecular complexity index is 670. The molecular formula is C15H19ClF3NO3S. The quantitative estimate of drug-likeness (QED) is 0.781. The Balaban J connectivity index is 2.67. The predicted molar refractivity (Wildman–Crippen MR) is 86.5 cm³/mol. The molecule has 1 aromatic rings. The molecule has 0 radical (unpaired) electrons. The zero-order valence-corrected chi connectivity index (χ0v) is 14.9. The lowest BCUT2D eigenvalue weighted by atomic mass is 10.1. The maximum absolute atomic E-state index is 12.2. The maximum Gasteiger partial charge on any atom is 0.389 e. The topological polar surface area (TPSA) is 63.2 Å². The van der Waals surface area contributed by atoms with Crippen LogP contribution in [0.5, 0.6) is 0 Å². The molecule has 1 N–H and O–H groups in total. The third kappa shape index (κ3) is 5.98. The molecule has 1 amide bonds. The molecule has 9 heteroatoms. The normalized spacial score (nSPS) is 12.9. The number of benzene rings is 1. The van der Waals surface area contributed by atoms with Crippen LogP contribution in [0.15, 0.2) is 24.3 Å². The van der Waals surface area contributed by atoms with Gasteiger partial charge in [-0.1, -0.05) is 23.7 Å². The van der Waals surface area contributed by atoms with Gasteiger partial charge >= 0.3 is 6.18 Å². The zero-order chi connectivity index (χ0) is 18.6. The molecule has 4 nitrogen and oxygen atoms in total. The fraction of sp³-hybridized carbons (Fsp3) is 0.533. The van der Waals surface area contributed by atoms with Crippen LogP contribution in [0.4, 0.5) is 13.2 Å². The highest BCUT2D eigenvalue weighted by Crippen LogP contribution is 2.25. The second-order valence-electron chi connectivity index (χ2n) is 5.86. The van der Waals surface area contributed by atoms with Gasteiger partial charge in [0.1, 0.15) is 4.75 Å². The molecule has 0 fully saturated rings. The summed E-state index contributed by atoms with van der Waals surface area (Å²) < 4.78 is 59.0. The molecule has 1 rings (SSSR count). The monoisotopic (exact) mass is 385 g/mol. The molecule has 0 unspecified atom stereocenters. The number of amides is 1. The van der Waals surface area contributed by atoms with E-state index >= 15 is 0 Å². The van der Waals surface area contributed by atoms with Crippen LogP contribution in [-0.4, -0.2) is 31.0 Å². The number of rotatable bonds is 7. The van der Waals surface area contributed by atoms with E-state index in [1.165, 1.54) is 13.8 Å². The van der Waals surface area contributed by atoms with E-state index in [9.17, 15) is 26.4 Å². The first-order valence-corrected chi connectivity index (χ1v) is 9.20. The summed E-state index contributed by atoms with van der Waals surface area (Å²) in [5.41, 5.74) is 0.720. The minimum Gasteiger partial charge on any atom is -0.351 e. The van der Waals surface area contributed by atoms with Gasteiger partial charge in [0.2, 0.25) is 5.91 Å². The average Bonchev–Trinajstić information content (AvgIpc) is 2.44. The summed E-state index contributed by atoms with van der Waals surface area (Å²) in [7, 11) is -4.03. The largest absolute Gasteiger partial charge is 0.389 e. The first kappa shape index (κ1) is 20.8. The van der Waals surface area contributed by atoms with E-state index in [4.69, 9.17) is 11.6 Å². The van der Waals surface area contributed by atoms with Gasteiger partial charge in [0.05, 0.1) is 5.75 Å². The maximum atomic E-state index is 12.2. The zero-order valence-electron chi connectivity index (χ0n) is 13.3. The van der Waals surface area contributed by atoms with Crippen LogP contribution in [-0.2, 0) is 21.2 Å². The van der Waals surface area contributed by atoms with Gasteiger partial charge in [0.25, 0.3) is 0 Å². The summed E-state index contributed by atoms with van der Waals surface area (Å²) in [5, 5.41) is 3.01.